The van der Waals surface area contributed by atoms with E-state index in [-0.39, 0.29) is 16.7 Å². The van der Waals surface area contributed by atoms with Crippen molar-refractivity contribution >= 4 is 17.3 Å². The Balaban J connectivity index is 1.35. The van der Waals surface area contributed by atoms with Gasteiger partial charge in [-0.05, 0) is 24.8 Å². The molecular formula is C21H26ClN3O3. The summed E-state index contributed by atoms with van der Waals surface area (Å²) in [5, 5.41) is 4.59. The van der Waals surface area contributed by atoms with Gasteiger partial charge in [0.05, 0.1) is 37.7 Å². The van der Waals surface area contributed by atoms with Crippen LogP contribution in [-0.4, -0.2) is 48.8 Å². The molecule has 2 aromatic rings. The minimum absolute atomic E-state index is 0.244. The average Bonchev–Trinajstić information content (AvgIpc) is 3.25. The first-order valence-corrected chi connectivity index (χ1v) is 10.3. The molecule has 28 heavy (non-hydrogen) atoms. The zero-order valence-corrected chi connectivity index (χ0v) is 16.7. The summed E-state index contributed by atoms with van der Waals surface area (Å²) in [5.41, 5.74) is 1.49. The average molecular weight is 404 g/mol. The number of benzene rings is 1. The van der Waals surface area contributed by atoms with E-state index in [2.05, 4.69) is 10.00 Å². The van der Waals surface area contributed by atoms with Crippen LogP contribution in [0.4, 0.5) is 5.69 Å². The number of aromatic nitrogens is 2. The Hall–Kier alpha value is -1.89. The third kappa shape index (κ3) is 4.57. The lowest BCUT2D eigenvalue weighted by Gasteiger charge is -2.34. The van der Waals surface area contributed by atoms with E-state index in [0.29, 0.717) is 12.5 Å². The van der Waals surface area contributed by atoms with Crippen LogP contribution in [0.1, 0.15) is 24.8 Å². The first-order chi connectivity index (χ1) is 13.7. The normalized spacial score (nSPS) is 20.6. The van der Waals surface area contributed by atoms with E-state index in [1.165, 1.54) is 4.68 Å². The molecule has 7 heteroatoms. The number of piperidine rings is 1. The second kappa shape index (κ2) is 9.07. The third-order valence-electron chi connectivity index (χ3n) is 5.52. The predicted octanol–water partition coefficient (Wildman–Crippen LogP) is 2.97. The highest BCUT2D eigenvalue weighted by atomic mass is 35.5. The summed E-state index contributed by atoms with van der Waals surface area (Å²) in [6.45, 7) is 4.50. The molecule has 4 rings (SSSR count). The summed E-state index contributed by atoms with van der Waals surface area (Å²) in [7, 11) is 0. The minimum Gasteiger partial charge on any atom is -0.381 e. The summed E-state index contributed by atoms with van der Waals surface area (Å²) in [5.74, 6) is 0.536. The van der Waals surface area contributed by atoms with Crippen LogP contribution in [-0.2, 0) is 16.0 Å². The van der Waals surface area contributed by atoms with Gasteiger partial charge in [-0.15, -0.1) is 0 Å². The lowest BCUT2D eigenvalue weighted by atomic mass is 10.1. The Morgan fingerprint density at radius 1 is 1.18 bits per heavy atom. The number of anilines is 1. The van der Waals surface area contributed by atoms with Crippen molar-refractivity contribution in [2.75, 3.05) is 37.8 Å². The number of rotatable bonds is 6. The molecule has 0 radical (unpaired) electrons. The first kappa shape index (κ1) is 19.4. The van der Waals surface area contributed by atoms with E-state index >= 15 is 0 Å². The molecule has 1 aromatic carbocycles. The highest BCUT2D eigenvalue weighted by molar-refractivity contribution is 6.33. The van der Waals surface area contributed by atoms with Crippen molar-refractivity contribution < 1.29 is 9.47 Å². The summed E-state index contributed by atoms with van der Waals surface area (Å²) in [6, 6.07) is 9.78. The van der Waals surface area contributed by atoms with Crippen molar-refractivity contribution in [1.82, 2.24) is 9.78 Å². The van der Waals surface area contributed by atoms with E-state index in [1.54, 1.807) is 6.20 Å². The molecule has 1 aromatic heterocycles. The van der Waals surface area contributed by atoms with E-state index in [9.17, 15) is 4.79 Å². The second-order valence-electron chi connectivity index (χ2n) is 7.54. The van der Waals surface area contributed by atoms with Crippen LogP contribution in [0.5, 0.6) is 0 Å². The molecule has 0 saturated carbocycles. The van der Waals surface area contributed by atoms with Crippen molar-refractivity contribution in [3.63, 3.8) is 0 Å². The van der Waals surface area contributed by atoms with Gasteiger partial charge in [0.1, 0.15) is 5.02 Å². The highest BCUT2D eigenvalue weighted by Crippen LogP contribution is 2.26. The van der Waals surface area contributed by atoms with Crippen molar-refractivity contribution in [3.05, 3.63) is 57.5 Å². The molecule has 2 saturated heterocycles. The number of halogens is 1. The second-order valence-corrected chi connectivity index (χ2v) is 7.92. The number of hydrogen-bond donors (Lipinski definition) is 0. The third-order valence-corrected chi connectivity index (χ3v) is 5.87. The number of ether oxygens (including phenoxy) is 2. The van der Waals surface area contributed by atoms with Crippen molar-refractivity contribution in [3.8, 4) is 0 Å². The topological polar surface area (TPSA) is 56.6 Å². The van der Waals surface area contributed by atoms with Crippen LogP contribution in [0.3, 0.4) is 0 Å². The van der Waals surface area contributed by atoms with Crippen molar-refractivity contribution in [1.29, 1.82) is 0 Å². The van der Waals surface area contributed by atoms with Gasteiger partial charge in [0, 0.05) is 25.6 Å². The molecule has 150 valence electrons. The molecule has 0 aliphatic carbocycles. The van der Waals surface area contributed by atoms with E-state index < -0.39 is 0 Å². The lowest BCUT2D eigenvalue weighted by molar-refractivity contribution is 0.0131. The number of nitrogens with zero attached hydrogens (tertiary/aromatic N) is 3. The molecule has 2 aliphatic heterocycles. The molecule has 1 unspecified atom stereocenters. The molecule has 2 aliphatic rings. The predicted molar refractivity (Wildman–Crippen MR) is 109 cm³/mol. The molecule has 3 heterocycles. The standard InChI is InChI=1S/C21H26ClN3O3/c22-20-19(12-23-25(21(20)26)13-16-4-2-1-3-5-16)24-9-6-18(7-10-24)28-15-17-8-11-27-14-17/h1-5,12,17-18H,6-11,13-15H2. The molecule has 1 atom stereocenters. The Labute approximate surface area is 170 Å². The van der Waals surface area contributed by atoms with Crippen LogP contribution < -0.4 is 10.5 Å². The van der Waals surface area contributed by atoms with Gasteiger partial charge in [-0.25, -0.2) is 4.68 Å². The monoisotopic (exact) mass is 403 g/mol. The molecule has 0 spiro atoms. The van der Waals surface area contributed by atoms with Crippen LogP contribution >= 0.6 is 11.6 Å². The Kier molecular flexibility index (Phi) is 6.29. The maximum atomic E-state index is 12.7. The van der Waals surface area contributed by atoms with E-state index in [1.807, 2.05) is 30.3 Å². The fourth-order valence-corrected chi connectivity index (χ4v) is 4.06. The number of hydrogen-bond acceptors (Lipinski definition) is 5. The molecular weight excluding hydrogens is 378 g/mol. The van der Waals surface area contributed by atoms with Gasteiger partial charge in [0.2, 0.25) is 0 Å². The quantitative estimate of drug-likeness (QED) is 0.742. The van der Waals surface area contributed by atoms with Crippen LogP contribution in [0, 0.1) is 5.92 Å². The maximum Gasteiger partial charge on any atom is 0.287 e. The largest absolute Gasteiger partial charge is 0.381 e. The lowest BCUT2D eigenvalue weighted by Crippen LogP contribution is -2.39. The first-order valence-electron chi connectivity index (χ1n) is 9.94. The van der Waals surface area contributed by atoms with Crippen LogP contribution in [0.15, 0.2) is 41.3 Å². The smallest absolute Gasteiger partial charge is 0.287 e. The van der Waals surface area contributed by atoms with Gasteiger partial charge in [-0.2, -0.15) is 5.10 Å². The minimum atomic E-state index is -0.248. The SMILES string of the molecule is O=c1c(Cl)c(N2CCC(OCC3CCOC3)CC2)cnn1Cc1ccccc1. The zero-order valence-electron chi connectivity index (χ0n) is 15.9. The maximum absolute atomic E-state index is 12.7. The van der Waals surface area contributed by atoms with Gasteiger partial charge < -0.3 is 14.4 Å². The van der Waals surface area contributed by atoms with E-state index in [0.717, 1.165) is 63.4 Å². The zero-order chi connectivity index (χ0) is 19.3. The molecule has 0 bridgehead atoms. The summed E-state index contributed by atoms with van der Waals surface area (Å²) >= 11 is 6.42. The van der Waals surface area contributed by atoms with Gasteiger partial charge in [0.15, 0.2) is 0 Å². The molecule has 6 nitrogen and oxygen atoms in total. The van der Waals surface area contributed by atoms with Gasteiger partial charge >= 0.3 is 0 Å². The van der Waals surface area contributed by atoms with Crippen molar-refractivity contribution in [2.24, 2.45) is 5.92 Å². The Bertz CT molecular complexity index is 829. The van der Waals surface area contributed by atoms with Gasteiger partial charge in [-0.1, -0.05) is 41.9 Å². The van der Waals surface area contributed by atoms with Crippen molar-refractivity contribution in [2.45, 2.75) is 31.9 Å². The summed E-state index contributed by atoms with van der Waals surface area (Å²) in [6.07, 6.45) is 4.93. The fraction of sp³-hybridized carbons (Fsp3) is 0.524. The molecule has 0 N–H and O–H groups in total. The molecule has 2 fully saturated rings. The van der Waals surface area contributed by atoms with E-state index in [4.69, 9.17) is 21.1 Å². The highest BCUT2D eigenvalue weighted by Gasteiger charge is 2.25. The Morgan fingerprint density at radius 2 is 1.96 bits per heavy atom. The van der Waals surface area contributed by atoms with Crippen LogP contribution in [0.2, 0.25) is 5.02 Å². The Morgan fingerprint density at radius 3 is 2.68 bits per heavy atom. The van der Waals surface area contributed by atoms with Crippen LogP contribution in [0.25, 0.3) is 0 Å². The summed E-state index contributed by atoms with van der Waals surface area (Å²) in [4.78, 5) is 14.8. The van der Waals surface area contributed by atoms with Gasteiger partial charge in [-0.3, -0.25) is 4.79 Å². The summed E-state index contributed by atoms with van der Waals surface area (Å²) < 4.78 is 12.9. The van der Waals surface area contributed by atoms with Gasteiger partial charge in [0.25, 0.3) is 5.56 Å². The fourth-order valence-electron chi connectivity index (χ4n) is 3.80. The molecule has 0 amide bonds.